The Hall–Kier alpha value is -2.60. The predicted octanol–water partition coefficient (Wildman–Crippen LogP) is 2.90. The Kier molecular flexibility index (Phi) is 5.96. The third kappa shape index (κ3) is 4.77. The summed E-state index contributed by atoms with van der Waals surface area (Å²) in [6.07, 6.45) is 0. The molecule has 2 aromatic rings. The van der Waals surface area contributed by atoms with Crippen LogP contribution in [0, 0.1) is 5.82 Å². The molecular formula is C21H26FN3O2. The van der Waals surface area contributed by atoms with E-state index in [2.05, 4.69) is 17.1 Å². The molecule has 1 heterocycles. The molecule has 3 rings (SSSR count). The highest BCUT2D eigenvalue weighted by Gasteiger charge is 2.25. The van der Waals surface area contributed by atoms with Gasteiger partial charge < -0.3 is 19.9 Å². The highest BCUT2D eigenvalue weighted by atomic mass is 19.1. The van der Waals surface area contributed by atoms with Crippen molar-refractivity contribution < 1.29 is 13.9 Å². The Bertz CT molecular complexity index is 810. The number of benzene rings is 2. The number of nitrogens with one attached hydrogen (secondary N) is 1. The van der Waals surface area contributed by atoms with Crippen LogP contribution in [-0.4, -0.2) is 50.6 Å². The van der Waals surface area contributed by atoms with Crippen LogP contribution in [0.3, 0.4) is 0 Å². The van der Waals surface area contributed by atoms with Gasteiger partial charge in [-0.15, -0.1) is 0 Å². The number of ether oxygens (including phenoxy) is 1. The minimum Gasteiger partial charge on any atom is -0.489 e. The number of amides is 1. The van der Waals surface area contributed by atoms with Crippen molar-refractivity contribution in [2.45, 2.75) is 19.5 Å². The van der Waals surface area contributed by atoms with E-state index in [1.807, 2.05) is 37.2 Å². The maximum atomic E-state index is 13.6. The van der Waals surface area contributed by atoms with Crippen molar-refractivity contribution in [2.24, 2.45) is 0 Å². The molecule has 0 radical (unpaired) electrons. The minimum atomic E-state index is -0.248. The first kappa shape index (κ1) is 19.2. The normalized spacial score (nSPS) is 16.0. The molecule has 1 N–H and O–H groups in total. The minimum absolute atomic E-state index is 0.108. The molecule has 1 atom stereocenters. The van der Waals surface area contributed by atoms with Gasteiger partial charge in [-0.3, -0.25) is 4.79 Å². The highest BCUT2D eigenvalue weighted by molar-refractivity contribution is 5.95. The van der Waals surface area contributed by atoms with Gasteiger partial charge in [0, 0.05) is 25.2 Å². The van der Waals surface area contributed by atoms with Gasteiger partial charge in [-0.05, 0) is 56.9 Å². The zero-order valence-corrected chi connectivity index (χ0v) is 16.0. The van der Waals surface area contributed by atoms with Gasteiger partial charge in [0.05, 0.1) is 11.7 Å². The second-order valence-electron chi connectivity index (χ2n) is 7.16. The summed E-state index contributed by atoms with van der Waals surface area (Å²) in [6.45, 7) is 4.54. The lowest BCUT2D eigenvalue weighted by Crippen LogP contribution is -2.40. The molecule has 0 aromatic heterocycles. The Morgan fingerprint density at radius 2 is 2.11 bits per heavy atom. The van der Waals surface area contributed by atoms with Crippen LogP contribution in [0.2, 0.25) is 0 Å². The topological polar surface area (TPSA) is 44.8 Å². The summed E-state index contributed by atoms with van der Waals surface area (Å²) < 4.78 is 19.4. The second kappa shape index (κ2) is 8.39. The first-order chi connectivity index (χ1) is 12.9. The molecule has 1 aliphatic rings. The van der Waals surface area contributed by atoms with Crippen molar-refractivity contribution in [3.63, 3.8) is 0 Å². The molecule has 6 heteroatoms. The molecule has 0 aliphatic carbocycles. The van der Waals surface area contributed by atoms with E-state index in [-0.39, 0.29) is 17.8 Å². The van der Waals surface area contributed by atoms with Crippen LogP contribution in [0.1, 0.15) is 22.8 Å². The molecule has 2 aromatic carbocycles. The highest BCUT2D eigenvalue weighted by Crippen LogP contribution is 2.35. The van der Waals surface area contributed by atoms with Gasteiger partial charge in [0.1, 0.15) is 18.2 Å². The smallest absolute Gasteiger partial charge is 0.251 e. The van der Waals surface area contributed by atoms with Gasteiger partial charge in [-0.25, -0.2) is 4.39 Å². The van der Waals surface area contributed by atoms with Gasteiger partial charge in [0.25, 0.3) is 5.91 Å². The zero-order chi connectivity index (χ0) is 19.4. The SMILES string of the molecule is C[C@H]1COc2ccc(C(=O)NCCN(C)C)cc2N1Cc1cccc(F)c1. The lowest BCUT2D eigenvalue weighted by Gasteiger charge is -2.37. The van der Waals surface area contributed by atoms with Crippen LogP contribution in [0.4, 0.5) is 10.1 Å². The van der Waals surface area contributed by atoms with E-state index >= 15 is 0 Å². The molecular weight excluding hydrogens is 345 g/mol. The van der Waals surface area contributed by atoms with Crippen molar-refractivity contribution >= 4 is 11.6 Å². The van der Waals surface area contributed by atoms with Gasteiger partial charge >= 0.3 is 0 Å². The van der Waals surface area contributed by atoms with Crippen LogP contribution in [0.5, 0.6) is 5.75 Å². The molecule has 1 amide bonds. The number of nitrogens with zero attached hydrogens (tertiary/aromatic N) is 2. The monoisotopic (exact) mass is 371 g/mol. The Morgan fingerprint density at radius 3 is 2.85 bits per heavy atom. The third-order valence-electron chi connectivity index (χ3n) is 4.63. The van der Waals surface area contributed by atoms with Gasteiger partial charge in [0.15, 0.2) is 0 Å². The van der Waals surface area contributed by atoms with Crippen molar-refractivity contribution in [3.05, 3.63) is 59.4 Å². The van der Waals surface area contributed by atoms with Crippen molar-refractivity contribution in [1.82, 2.24) is 10.2 Å². The number of likely N-dealkylation sites (N-methyl/N-ethyl adjacent to an activating group) is 1. The lowest BCUT2D eigenvalue weighted by molar-refractivity contribution is 0.0951. The third-order valence-corrected chi connectivity index (χ3v) is 4.63. The summed E-state index contributed by atoms with van der Waals surface area (Å²) in [7, 11) is 3.93. The average molecular weight is 371 g/mol. The first-order valence-corrected chi connectivity index (χ1v) is 9.15. The Labute approximate surface area is 159 Å². The molecule has 5 nitrogen and oxygen atoms in total. The molecule has 144 valence electrons. The Balaban J connectivity index is 1.81. The van der Waals surface area contributed by atoms with Crippen LogP contribution in [0.25, 0.3) is 0 Å². The standard InChI is InChI=1S/C21H26FN3O2/c1-15-14-27-20-8-7-17(21(26)23-9-10-24(2)3)12-19(20)25(15)13-16-5-4-6-18(22)11-16/h4-8,11-12,15H,9-10,13-14H2,1-3H3,(H,23,26)/t15-/m0/s1. The molecule has 0 saturated heterocycles. The van der Waals surface area contributed by atoms with E-state index in [1.165, 1.54) is 6.07 Å². The van der Waals surface area contributed by atoms with E-state index in [4.69, 9.17) is 4.74 Å². The van der Waals surface area contributed by atoms with Gasteiger partial charge in [-0.2, -0.15) is 0 Å². The first-order valence-electron chi connectivity index (χ1n) is 9.15. The molecule has 0 unspecified atom stereocenters. The van der Waals surface area contributed by atoms with Crippen molar-refractivity contribution in [1.29, 1.82) is 0 Å². The van der Waals surface area contributed by atoms with Crippen molar-refractivity contribution in [2.75, 3.05) is 38.7 Å². The second-order valence-corrected chi connectivity index (χ2v) is 7.16. The van der Waals surface area contributed by atoms with Gasteiger partial charge in [-0.1, -0.05) is 12.1 Å². The number of carbonyl (C=O) groups excluding carboxylic acids is 1. The van der Waals surface area contributed by atoms with E-state index < -0.39 is 0 Å². The zero-order valence-electron chi connectivity index (χ0n) is 16.0. The van der Waals surface area contributed by atoms with E-state index in [1.54, 1.807) is 18.2 Å². The molecule has 0 fully saturated rings. The summed E-state index contributed by atoms with van der Waals surface area (Å²) in [5.74, 6) is 0.389. The summed E-state index contributed by atoms with van der Waals surface area (Å²) >= 11 is 0. The number of carbonyl (C=O) groups is 1. The van der Waals surface area contributed by atoms with Crippen LogP contribution in [-0.2, 0) is 6.54 Å². The lowest BCUT2D eigenvalue weighted by atomic mass is 10.1. The van der Waals surface area contributed by atoms with E-state index in [0.29, 0.717) is 25.3 Å². The number of anilines is 1. The average Bonchev–Trinajstić information content (AvgIpc) is 2.63. The fraction of sp³-hybridized carbons (Fsp3) is 0.381. The van der Waals surface area contributed by atoms with Crippen LogP contribution >= 0.6 is 0 Å². The summed E-state index contributed by atoms with van der Waals surface area (Å²) in [6, 6.07) is 12.2. The number of hydrogen-bond donors (Lipinski definition) is 1. The molecule has 0 spiro atoms. The maximum absolute atomic E-state index is 13.6. The molecule has 27 heavy (non-hydrogen) atoms. The number of halogens is 1. The van der Waals surface area contributed by atoms with Gasteiger partial charge in [0.2, 0.25) is 0 Å². The quantitative estimate of drug-likeness (QED) is 0.848. The largest absolute Gasteiger partial charge is 0.489 e. The number of fused-ring (bicyclic) bond motifs is 1. The predicted molar refractivity (Wildman–Crippen MR) is 105 cm³/mol. The molecule has 1 aliphatic heterocycles. The van der Waals surface area contributed by atoms with Crippen LogP contribution in [0.15, 0.2) is 42.5 Å². The van der Waals surface area contributed by atoms with Crippen molar-refractivity contribution in [3.8, 4) is 5.75 Å². The number of rotatable bonds is 6. The fourth-order valence-corrected chi connectivity index (χ4v) is 3.11. The fourth-order valence-electron chi connectivity index (χ4n) is 3.11. The molecule has 0 saturated carbocycles. The summed E-state index contributed by atoms with van der Waals surface area (Å²) in [5, 5.41) is 2.93. The van der Waals surface area contributed by atoms with E-state index in [0.717, 1.165) is 23.5 Å². The van der Waals surface area contributed by atoms with E-state index in [9.17, 15) is 9.18 Å². The summed E-state index contributed by atoms with van der Waals surface area (Å²) in [4.78, 5) is 16.6. The number of hydrogen-bond acceptors (Lipinski definition) is 4. The summed E-state index contributed by atoms with van der Waals surface area (Å²) in [5.41, 5.74) is 2.34. The molecule has 0 bridgehead atoms. The van der Waals surface area contributed by atoms with Crippen LogP contribution < -0.4 is 15.0 Å². The maximum Gasteiger partial charge on any atom is 0.251 e. The Morgan fingerprint density at radius 1 is 1.30 bits per heavy atom.